The molecule has 0 bridgehead atoms. The number of nitrogens with one attached hydrogen (secondary N) is 1. The summed E-state index contributed by atoms with van der Waals surface area (Å²) in [6.07, 6.45) is 2.54. The molecule has 0 aliphatic rings. The highest BCUT2D eigenvalue weighted by Crippen LogP contribution is 2.11. The summed E-state index contributed by atoms with van der Waals surface area (Å²) in [5.41, 5.74) is 1.25. The minimum absolute atomic E-state index is 0.796. The largest absolute Gasteiger partial charge is 0.469 e. The number of furan rings is 1. The standard InChI is InChI=1S/C16H20BrN3O/c1-18-16(19-10-9-15-4-3-11-21-15)20(2)12-13-5-7-14(17)8-6-13/h3-8,11H,9-10,12H2,1-2H3,(H,18,19). The van der Waals surface area contributed by atoms with E-state index in [1.807, 2.05) is 19.2 Å². The molecule has 4 nitrogen and oxygen atoms in total. The van der Waals surface area contributed by atoms with Gasteiger partial charge in [0.25, 0.3) is 0 Å². The van der Waals surface area contributed by atoms with E-state index in [1.54, 1.807) is 13.3 Å². The summed E-state index contributed by atoms with van der Waals surface area (Å²) < 4.78 is 6.41. The summed E-state index contributed by atoms with van der Waals surface area (Å²) >= 11 is 3.45. The second-order valence-corrected chi connectivity index (χ2v) is 5.70. The van der Waals surface area contributed by atoms with Crippen LogP contribution in [0.4, 0.5) is 0 Å². The summed E-state index contributed by atoms with van der Waals surface area (Å²) in [6, 6.07) is 12.2. The molecule has 0 unspecified atom stereocenters. The molecule has 0 fully saturated rings. The molecule has 2 aromatic rings. The van der Waals surface area contributed by atoms with Gasteiger partial charge in [0.05, 0.1) is 6.26 Å². The molecule has 21 heavy (non-hydrogen) atoms. The first-order chi connectivity index (χ1) is 10.2. The number of nitrogens with zero attached hydrogens (tertiary/aromatic N) is 2. The lowest BCUT2D eigenvalue weighted by molar-refractivity contribution is 0.469. The Morgan fingerprint density at radius 1 is 1.29 bits per heavy atom. The number of hydrogen-bond acceptors (Lipinski definition) is 2. The molecule has 0 radical (unpaired) electrons. The molecule has 1 aromatic carbocycles. The van der Waals surface area contributed by atoms with E-state index >= 15 is 0 Å². The van der Waals surface area contributed by atoms with Gasteiger partial charge in [-0.05, 0) is 29.8 Å². The van der Waals surface area contributed by atoms with Crippen molar-refractivity contribution in [2.24, 2.45) is 4.99 Å². The molecule has 0 aliphatic carbocycles. The molecule has 0 spiro atoms. The molecule has 5 heteroatoms. The van der Waals surface area contributed by atoms with Crippen LogP contribution in [0.5, 0.6) is 0 Å². The van der Waals surface area contributed by atoms with Gasteiger partial charge in [-0.15, -0.1) is 0 Å². The number of halogens is 1. The third-order valence-corrected chi connectivity index (χ3v) is 3.67. The van der Waals surface area contributed by atoms with Crippen molar-refractivity contribution >= 4 is 21.9 Å². The first-order valence-corrected chi connectivity index (χ1v) is 7.67. The Balaban J connectivity index is 1.83. The molecular formula is C16H20BrN3O. The lowest BCUT2D eigenvalue weighted by Gasteiger charge is -2.22. The average molecular weight is 350 g/mol. The van der Waals surface area contributed by atoms with Gasteiger partial charge >= 0.3 is 0 Å². The first-order valence-electron chi connectivity index (χ1n) is 6.87. The highest BCUT2D eigenvalue weighted by atomic mass is 79.9. The zero-order valence-corrected chi connectivity index (χ0v) is 13.9. The number of aliphatic imine (C=N–C) groups is 1. The molecule has 0 aliphatic heterocycles. The van der Waals surface area contributed by atoms with E-state index in [1.165, 1.54) is 5.56 Å². The SMILES string of the molecule is CN=C(NCCc1ccco1)N(C)Cc1ccc(Br)cc1. The van der Waals surface area contributed by atoms with Crippen molar-refractivity contribution in [3.05, 3.63) is 58.5 Å². The van der Waals surface area contributed by atoms with Crippen LogP contribution in [0.25, 0.3) is 0 Å². The quantitative estimate of drug-likeness (QED) is 0.665. The predicted molar refractivity (Wildman–Crippen MR) is 89.4 cm³/mol. The third-order valence-electron chi connectivity index (χ3n) is 3.14. The fourth-order valence-corrected chi connectivity index (χ4v) is 2.34. The summed E-state index contributed by atoms with van der Waals surface area (Å²) in [4.78, 5) is 6.41. The Labute approximate surface area is 134 Å². The van der Waals surface area contributed by atoms with Crippen molar-refractivity contribution < 1.29 is 4.42 Å². The van der Waals surface area contributed by atoms with Gasteiger partial charge < -0.3 is 14.6 Å². The van der Waals surface area contributed by atoms with Gasteiger partial charge in [-0.2, -0.15) is 0 Å². The van der Waals surface area contributed by atoms with E-state index in [2.05, 4.69) is 55.4 Å². The van der Waals surface area contributed by atoms with Gasteiger partial charge in [0.2, 0.25) is 0 Å². The van der Waals surface area contributed by atoms with Crippen LogP contribution in [0.3, 0.4) is 0 Å². The summed E-state index contributed by atoms with van der Waals surface area (Å²) in [7, 11) is 3.83. The summed E-state index contributed by atoms with van der Waals surface area (Å²) in [6.45, 7) is 1.61. The van der Waals surface area contributed by atoms with Gasteiger partial charge in [-0.1, -0.05) is 28.1 Å². The molecule has 0 saturated carbocycles. The predicted octanol–water partition coefficient (Wildman–Crippen LogP) is 3.29. The normalized spacial score (nSPS) is 11.5. The highest BCUT2D eigenvalue weighted by molar-refractivity contribution is 9.10. The Kier molecular flexibility index (Phi) is 5.87. The second-order valence-electron chi connectivity index (χ2n) is 4.79. The van der Waals surface area contributed by atoms with Crippen LogP contribution in [-0.2, 0) is 13.0 Å². The minimum atomic E-state index is 0.796. The average Bonchev–Trinajstić information content (AvgIpc) is 2.99. The van der Waals surface area contributed by atoms with E-state index in [0.717, 1.165) is 35.7 Å². The fraction of sp³-hybridized carbons (Fsp3) is 0.312. The molecular weight excluding hydrogens is 330 g/mol. The van der Waals surface area contributed by atoms with Gasteiger partial charge in [0, 0.05) is 38.1 Å². The van der Waals surface area contributed by atoms with Gasteiger partial charge in [-0.3, -0.25) is 4.99 Å². The minimum Gasteiger partial charge on any atom is -0.469 e. The van der Waals surface area contributed by atoms with Crippen LogP contribution in [0, 0.1) is 0 Å². The molecule has 1 heterocycles. The number of hydrogen-bond donors (Lipinski definition) is 1. The van der Waals surface area contributed by atoms with Crippen molar-refractivity contribution in [2.45, 2.75) is 13.0 Å². The Morgan fingerprint density at radius 2 is 2.05 bits per heavy atom. The second kappa shape index (κ2) is 7.88. The zero-order chi connectivity index (χ0) is 15.1. The van der Waals surface area contributed by atoms with E-state index in [4.69, 9.17) is 4.42 Å². The zero-order valence-electron chi connectivity index (χ0n) is 12.3. The fourth-order valence-electron chi connectivity index (χ4n) is 2.08. The van der Waals surface area contributed by atoms with E-state index in [0.29, 0.717) is 0 Å². The van der Waals surface area contributed by atoms with Gasteiger partial charge in [0.15, 0.2) is 5.96 Å². The number of rotatable bonds is 5. The first kappa shape index (κ1) is 15.6. The molecule has 2 rings (SSSR count). The van der Waals surface area contributed by atoms with Crippen LogP contribution in [0.1, 0.15) is 11.3 Å². The van der Waals surface area contributed by atoms with Crippen molar-refractivity contribution in [1.29, 1.82) is 0 Å². The monoisotopic (exact) mass is 349 g/mol. The maximum absolute atomic E-state index is 5.32. The molecule has 0 saturated heterocycles. The number of guanidine groups is 1. The van der Waals surface area contributed by atoms with Crippen LogP contribution < -0.4 is 5.32 Å². The lowest BCUT2D eigenvalue weighted by atomic mass is 10.2. The van der Waals surface area contributed by atoms with E-state index < -0.39 is 0 Å². The lowest BCUT2D eigenvalue weighted by Crippen LogP contribution is -2.39. The van der Waals surface area contributed by atoms with Crippen molar-refractivity contribution in [1.82, 2.24) is 10.2 Å². The van der Waals surface area contributed by atoms with E-state index in [9.17, 15) is 0 Å². The maximum atomic E-state index is 5.32. The van der Waals surface area contributed by atoms with E-state index in [-0.39, 0.29) is 0 Å². The maximum Gasteiger partial charge on any atom is 0.193 e. The summed E-state index contributed by atoms with van der Waals surface area (Å²) in [5, 5.41) is 3.35. The topological polar surface area (TPSA) is 40.8 Å². The van der Waals surface area contributed by atoms with Crippen molar-refractivity contribution in [3.63, 3.8) is 0 Å². The molecule has 112 valence electrons. The van der Waals surface area contributed by atoms with Crippen molar-refractivity contribution in [3.8, 4) is 0 Å². The Hall–Kier alpha value is -1.75. The molecule has 0 amide bonds. The van der Waals surface area contributed by atoms with Gasteiger partial charge in [-0.25, -0.2) is 0 Å². The Morgan fingerprint density at radius 3 is 2.67 bits per heavy atom. The van der Waals surface area contributed by atoms with Crippen LogP contribution >= 0.6 is 15.9 Å². The van der Waals surface area contributed by atoms with Crippen LogP contribution in [-0.4, -0.2) is 31.5 Å². The molecule has 1 N–H and O–H groups in total. The van der Waals surface area contributed by atoms with Crippen LogP contribution in [0.2, 0.25) is 0 Å². The highest BCUT2D eigenvalue weighted by Gasteiger charge is 2.06. The number of benzene rings is 1. The smallest absolute Gasteiger partial charge is 0.193 e. The third kappa shape index (κ3) is 4.93. The Bertz CT molecular complexity index is 564. The molecule has 0 atom stereocenters. The van der Waals surface area contributed by atoms with Crippen LogP contribution in [0.15, 0.2) is 56.5 Å². The summed E-state index contributed by atoms with van der Waals surface area (Å²) in [5.74, 6) is 1.86. The van der Waals surface area contributed by atoms with Crippen molar-refractivity contribution in [2.75, 3.05) is 20.6 Å². The molecule has 1 aromatic heterocycles. The van der Waals surface area contributed by atoms with Gasteiger partial charge in [0.1, 0.15) is 5.76 Å².